The molecule has 2 aromatic carbocycles. The van der Waals surface area contributed by atoms with E-state index >= 15 is 0 Å². The number of amides is 2. The fraction of sp³-hybridized carbons (Fsp3) is 0.268. The number of H-pyrrole nitrogens is 1. The number of anilines is 5. The van der Waals surface area contributed by atoms with Crippen LogP contribution in [0.25, 0.3) is 22.8 Å². The summed E-state index contributed by atoms with van der Waals surface area (Å²) in [6.45, 7) is 4.45. The van der Waals surface area contributed by atoms with Crippen molar-refractivity contribution in [3.05, 3.63) is 108 Å². The maximum absolute atomic E-state index is 13.1. The molecule has 0 saturated carbocycles. The molecule has 3 aliphatic heterocycles. The van der Waals surface area contributed by atoms with Gasteiger partial charge in [-0.2, -0.15) is 0 Å². The van der Waals surface area contributed by atoms with Crippen LogP contribution in [0.15, 0.2) is 85.2 Å². The summed E-state index contributed by atoms with van der Waals surface area (Å²) in [5.41, 5.74) is 7.77. The number of hydrogen-bond donors (Lipinski definition) is 5. The number of alkyl halides is 3. The highest BCUT2D eigenvalue weighted by molar-refractivity contribution is 5.98. The van der Waals surface area contributed by atoms with Gasteiger partial charge in [-0.05, 0) is 61.6 Å². The topological polar surface area (TPSA) is 170 Å². The molecule has 4 aromatic heterocycles. The zero-order valence-corrected chi connectivity index (χ0v) is 32.2. The van der Waals surface area contributed by atoms with E-state index < -0.39 is 6.36 Å². The Morgan fingerprint density at radius 3 is 2.14 bits per heavy atom. The zero-order valence-electron chi connectivity index (χ0n) is 32.2. The van der Waals surface area contributed by atoms with E-state index in [0.717, 1.165) is 66.8 Å². The van der Waals surface area contributed by atoms with E-state index in [-0.39, 0.29) is 29.2 Å². The van der Waals surface area contributed by atoms with Crippen LogP contribution in [0.1, 0.15) is 32.1 Å². The van der Waals surface area contributed by atoms with Gasteiger partial charge in [-0.1, -0.05) is 18.2 Å². The van der Waals surface area contributed by atoms with Crippen LogP contribution in [0.3, 0.4) is 0 Å². The highest BCUT2D eigenvalue weighted by atomic mass is 19.4. The number of piperazine rings is 1. The van der Waals surface area contributed by atoms with Crippen molar-refractivity contribution in [3.8, 4) is 28.5 Å². The first-order valence-corrected chi connectivity index (χ1v) is 19.0. The number of likely N-dealkylation sites (N-methyl/N-ethyl adjacent to an activating group) is 1. The van der Waals surface area contributed by atoms with Crippen molar-refractivity contribution in [3.63, 3.8) is 0 Å². The lowest BCUT2D eigenvalue weighted by Gasteiger charge is -2.34. The van der Waals surface area contributed by atoms with Crippen molar-refractivity contribution in [1.82, 2.24) is 45.0 Å². The average molecular weight is 807 g/mol. The van der Waals surface area contributed by atoms with Crippen LogP contribution in [-0.2, 0) is 19.9 Å². The molecule has 3 aliphatic rings. The number of aromatic amines is 1. The van der Waals surface area contributed by atoms with Gasteiger partial charge in [-0.3, -0.25) is 9.59 Å². The molecule has 18 heteroatoms. The van der Waals surface area contributed by atoms with Crippen LogP contribution in [0.5, 0.6) is 5.75 Å². The summed E-state index contributed by atoms with van der Waals surface area (Å²) in [6, 6.07) is 21.4. The summed E-state index contributed by atoms with van der Waals surface area (Å²) in [5, 5.41) is 11.7. The minimum absolute atomic E-state index is 0.0366. The Labute approximate surface area is 337 Å². The Morgan fingerprint density at radius 2 is 1.42 bits per heavy atom. The number of fused-ring (bicyclic) bond motifs is 2. The normalized spacial score (nSPS) is 15.2. The average Bonchev–Trinajstić information content (AvgIpc) is 3.82. The molecule has 5 N–H and O–H groups in total. The summed E-state index contributed by atoms with van der Waals surface area (Å²) in [6.07, 6.45) is -0.123. The maximum atomic E-state index is 13.1. The molecule has 7 heterocycles. The lowest BCUT2D eigenvalue weighted by molar-refractivity contribution is -0.274. The van der Waals surface area contributed by atoms with Crippen molar-refractivity contribution in [2.75, 3.05) is 61.8 Å². The summed E-state index contributed by atoms with van der Waals surface area (Å²) in [4.78, 5) is 49.2. The third-order valence-corrected chi connectivity index (χ3v) is 10.2. The van der Waals surface area contributed by atoms with E-state index in [2.05, 4.69) is 60.7 Å². The van der Waals surface area contributed by atoms with Gasteiger partial charge in [0.05, 0.1) is 39.6 Å². The van der Waals surface area contributed by atoms with E-state index in [9.17, 15) is 22.8 Å². The second-order valence-electron chi connectivity index (χ2n) is 14.2. The van der Waals surface area contributed by atoms with E-state index in [1.54, 1.807) is 30.5 Å². The van der Waals surface area contributed by atoms with Crippen LogP contribution in [0, 0.1) is 0 Å². The second-order valence-corrected chi connectivity index (χ2v) is 14.2. The zero-order chi connectivity index (χ0) is 41.1. The Balaban J connectivity index is 0.000000180. The van der Waals surface area contributed by atoms with Gasteiger partial charge < -0.3 is 45.4 Å². The van der Waals surface area contributed by atoms with Crippen molar-refractivity contribution in [2.45, 2.75) is 19.2 Å². The minimum atomic E-state index is -4.85. The van der Waals surface area contributed by atoms with Crippen LogP contribution >= 0.6 is 0 Å². The van der Waals surface area contributed by atoms with Crippen molar-refractivity contribution in [1.29, 1.82) is 0 Å². The van der Waals surface area contributed by atoms with Gasteiger partial charge in [-0.15, -0.1) is 13.2 Å². The monoisotopic (exact) mass is 806 g/mol. The molecule has 6 aromatic rings. The van der Waals surface area contributed by atoms with E-state index in [0.29, 0.717) is 48.0 Å². The molecule has 0 spiro atoms. The van der Waals surface area contributed by atoms with Gasteiger partial charge in [0.25, 0.3) is 11.8 Å². The van der Waals surface area contributed by atoms with Crippen molar-refractivity contribution in [2.24, 2.45) is 7.05 Å². The summed E-state index contributed by atoms with van der Waals surface area (Å²) < 4.78 is 45.5. The highest BCUT2D eigenvalue weighted by Gasteiger charge is 2.33. The molecular formula is C41H41F3N12O3. The lowest BCUT2D eigenvalue weighted by Crippen LogP contribution is -2.44. The number of benzene rings is 2. The van der Waals surface area contributed by atoms with E-state index in [1.807, 2.05) is 61.1 Å². The predicted molar refractivity (Wildman–Crippen MR) is 216 cm³/mol. The summed E-state index contributed by atoms with van der Waals surface area (Å²) in [5.74, 6) is 0.0791. The highest BCUT2D eigenvalue weighted by Crippen LogP contribution is 2.36. The number of rotatable bonds is 8. The largest absolute Gasteiger partial charge is 0.573 e. The van der Waals surface area contributed by atoms with Crippen LogP contribution in [-0.4, -0.2) is 98.9 Å². The number of halogens is 3. The first kappa shape index (κ1) is 38.9. The van der Waals surface area contributed by atoms with E-state index in [1.165, 1.54) is 12.3 Å². The lowest BCUT2D eigenvalue weighted by atomic mass is 10.1. The molecule has 0 bridgehead atoms. The smallest absolute Gasteiger partial charge is 0.404 e. The van der Waals surface area contributed by atoms with Gasteiger partial charge >= 0.3 is 6.36 Å². The number of nitrogens with one attached hydrogen (secondary N) is 5. The number of ether oxygens (including phenoxy) is 1. The molecule has 1 saturated heterocycles. The number of carbonyl (C=O) groups excluding carboxylic acids is 2. The number of nitrogens with zero attached hydrogens (tertiary/aromatic N) is 7. The molecule has 1 fully saturated rings. The molecule has 0 radical (unpaired) electrons. The van der Waals surface area contributed by atoms with Crippen LogP contribution < -0.4 is 30.9 Å². The first-order valence-electron chi connectivity index (χ1n) is 19.0. The van der Waals surface area contributed by atoms with Crippen LogP contribution in [0.4, 0.5) is 42.1 Å². The van der Waals surface area contributed by atoms with Crippen LogP contribution in [0.2, 0.25) is 0 Å². The standard InChI is InChI=1S/C24H26F3N7O2.C17H15N5O/c1-32-9-11-34(12-10-32)15-3-4-21(36-24(25,26)27)18(13-15)31-23-29-7-5-17(30-23)20-14-16-19(33(20)2)6-8-28-22(16)35;23-16-12-10-15(21-13(12)6-8-18-16)14-7-9-19-17(22-14)20-11-4-2-1-3-5-11/h3-5,7,13-14H,6,8-12H2,1-2H3,(H,28,35)(H,29,30,31);1-5,7,9-10,21H,6,8H2,(H,18,23)(H,19,20,22). The SMILES string of the molecule is CN1CCN(c2ccc(OC(F)(F)F)c(Nc3nccc(-c4cc5c(n4C)CCNC5=O)n3)c2)CC1.O=C1NCCc2[nH]c(-c3ccnc(Nc4ccccc4)n3)cc21. The molecule has 9 rings (SSSR count). The molecule has 0 unspecified atom stereocenters. The summed E-state index contributed by atoms with van der Waals surface area (Å²) in [7, 11) is 3.89. The third kappa shape index (κ3) is 8.96. The Morgan fingerprint density at radius 1 is 0.746 bits per heavy atom. The van der Waals surface area contributed by atoms with Gasteiger partial charge in [0.2, 0.25) is 11.9 Å². The van der Waals surface area contributed by atoms with Gasteiger partial charge in [0, 0.05) is 94.3 Å². The van der Waals surface area contributed by atoms with Gasteiger partial charge in [0.1, 0.15) is 0 Å². The number of carbonyl (C=O) groups is 2. The second kappa shape index (κ2) is 16.5. The van der Waals surface area contributed by atoms with Crippen molar-refractivity contribution >= 4 is 40.8 Å². The van der Waals surface area contributed by atoms with Gasteiger partial charge in [-0.25, -0.2) is 19.9 Å². The molecule has 15 nitrogen and oxygen atoms in total. The maximum Gasteiger partial charge on any atom is 0.573 e. The molecule has 304 valence electrons. The Bertz CT molecular complexity index is 2480. The van der Waals surface area contributed by atoms with Crippen molar-refractivity contribution < 1.29 is 27.5 Å². The predicted octanol–water partition coefficient (Wildman–Crippen LogP) is 5.66. The molecule has 2 amide bonds. The third-order valence-electron chi connectivity index (χ3n) is 10.2. The summed E-state index contributed by atoms with van der Waals surface area (Å²) >= 11 is 0. The fourth-order valence-corrected chi connectivity index (χ4v) is 7.20. The Kier molecular flexibility index (Phi) is 10.9. The molecule has 59 heavy (non-hydrogen) atoms. The Hall–Kier alpha value is -6.95. The molecule has 0 atom stereocenters. The number of para-hydroxylation sites is 1. The molecule has 0 aliphatic carbocycles. The van der Waals surface area contributed by atoms with Gasteiger partial charge in [0.15, 0.2) is 5.75 Å². The molecular weight excluding hydrogens is 766 g/mol. The number of aromatic nitrogens is 6. The number of hydrogen-bond acceptors (Lipinski definition) is 11. The fourth-order valence-electron chi connectivity index (χ4n) is 7.20. The quantitative estimate of drug-likeness (QED) is 0.129. The first-order chi connectivity index (χ1) is 28.5. The van der Waals surface area contributed by atoms with E-state index in [4.69, 9.17) is 0 Å². The minimum Gasteiger partial charge on any atom is -0.404 e.